The summed E-state index contributed by atoms with van der Waals surface area (Å²) in [6, 6.07) is 0. The molecular formula is C17H30B2O4. The topological polar surface area (TPSA) is 36.9 Å². The average Bonchev–Trinajstić information content (AvgIpc) is 3.00. The summed E-state index contributed by atoms with van der Waals surface area (Å²) in [5.41, 5.74) is -1.43. The first-order chi connectivity index (χ1) is 10.3. The van der Waals surface area contributed by atoms with Crippen LogP contribution in [-0.2, 0) is 18.6 Å². The van der Waals surface area contributed by atoms with Crippen molar-refractivity contribution in [3.63, 3.8) is 0 Å². The highest BCUT2D eigenvalue weighted by Crippen LogP contribution is 2.69. The van der Waals surface area contributed by atoms with Gasteiger partial charge in [-0.1, -0.05) is 6.08 Å². The van der Waals surface area contributed by atoms with Gasteiger partial charge in [-0.3, -0.25) is 0 Å². The second kappa shape index (κ2) is 4.66. The van der Waals surface area contributed by atoms with Crippen molar-refractivity contribution in [2.75, 3.05) is 0 Å². The maximum Gasteiger partial charge on any atom is 0.462 e. The first-order valence-electron chi connectivity index (χ1n) is 8.63. The van der Waals surface area contributed by atoms with Crippen LogP contribution in [0.15, 0.2) is 12.7 Å². The Morgan fingerprint density at radius 1 is 0.739 bits per heavy atom. The Balaban J connectivity index is 1.91. The molecule has 0 aromatic carbocycles. The Labute approximate surface area is 141 Å². The monoisotopic (exact) mass is 320 g/mol. The Bertz CT molecular complexity index is 459. The van der Waals surface area contributed by atoms with Crippen LogP contribution in [0.3, 0.4) is 0 Å². The minimum absolute atomic E-state index is 0.284. The molecule has 3 fully saturated rings. The fourth-order valence-corrected chi connectivity index (χ4v) is 3.40. The standard InChI is InChI=1S/C17H30B2O4/c1-10-12-11-17(12,18-20-13(2,3)14(4,5)21-18)19-22-15(6,7)16(8,9)23-19/h10,12H,1,11H2,2-9H3/t12-/m1/s1. The molecule has 4 nitrogen and oxygen atoms in total. The summed E-state index contributed by atoms with van der Waals surface area (Å²) in [6.45, 7) is 20.6. The van der Waals surface area contributed by atoms with Crippen LogP contribution in [0.2, 0.25) is 5.21 Å². The SMILES string of the molecule is C=C[C@@H]1CC1(B1OC(C)(C)C(C)(C)O1)B1OC(C)(C)C(C)(C)O1. The van der Waals surface area contributed by atoms with Gasteiger partial charge >= 0.3 is 14.2 Å². The molecule has 23 heavy (non-hydrogen) atoms. The zero-order chi connectivity index (χ0) is 17.5. The van der Waals surface area contributed by atoms with Crippen LogP contribution in [-0.4, -0.2) is 36.6 Å². The molecule has 0 unspecified atom stereocenters. The molecule has 1 saturated carbocycles. The molecule has 0 spiro atoms. The van der Waals surface area contributed by atoms with Crippen LogP contribution in [0.25, 0.3) is 0 Å². The molecule has 1 atom stereocenters. The number of allylic oxidation sites excluding steroid dienone is 1. The molecule has 3 rings (SSSR count). The van der Waals surface area contributed by atoms with Gasteiger partial charge in [0.05, 0.1) is 22.4 Å². The molecule has 0 aromatic heterocycles. The van der Waals surface area contributed by atoms with Crippen molar-refractivity contribution in [1.82, 2.24) is 0 Å². The normalized spacial score (nSPS) is 35.4. The van der Waals surface area contributed by atoms with E-state index in [1.807, 2.05) is 6.08 Å². The van der Waals surface area contributed by atoms with Gasteiger partial charge in [-0.25, -0.2) is 0 Å². The molecule has 0 N–H and O–H groups in total. The molecule has 0 bridgehead atoms. The van der Waals surface area contributed by atoms with Gasteiger partial charge in [-0.2, -0.15) is 0 Å². The lowest BCUT2D eigenvalue weighted by Crippen LogP contribution is -2.41. The van der Waals surface area contributed by atoms with Crippen LogP contribution in [0, 0.1) is 5.92 Å². The van der Waals surface area contributed by atoms with Crippen molar-refractivity contribution < 1.29 is 18.6 Å². The van der Waals surface area contributed by atoms with E-state index in [-0.39, 0.29) is 47.8 Å². The second-order valence-electron chi connectivity index (χ2n) is 9.34. The number of hydrogen-bond acceptors (Lipinski definition) is 4. The predicted octanol–water partition coefficient (Wildman–Crippen LogP) is 3.66. The average molecular weight is 320 g/mol. The molecule has 2 saturated heterocycles. The molecule has 2 heterocycles. The third-order valence-corrected chi connectivity index (χ3v) is 6.77. The number of hydrogen-bond donors (Lipinski definition) is 0. The van der Waals surface area contributed by atoms with Gasteiger partial charge in [0.2, 0.25) is 0 Å². The van der Waals surface area contributed by atoms with Gasteiger partial charge < -0.3 is 18.6 Å². The fraction of sp³-hybridized carbons (Fsp3) is 0.882. The quantitative estimate of drug-likeness (QED) is 0.587. The minimum atomic E-state index is -0.359. The van der Waals surface area contributed by atoms with E-state index >= 15 is 0 Å². The Kier molecular flexibility index (Phi) is 3.55. The van der Waals surface area contributed by atoms with E-state index in [2.05, 4.69) is 62.0 Å². The van der Waals surface area contributed by atoms with E-state index in [9.17, 15) is 0 Å². The lowest BCUT2D eigenvalue weighted by molar-refractivity contribution is 0.00578. The third-order valence-electron chi connectivity index (χ3n) is 6.77. The summed E-state index contributed by atoms with van der Waals surface area (Å²) in [5.74, 6) is 0.284. The molecule has 0 radical (unpaired) electrons. The fourth-order valence-electron chi connectivity index (χ4n) is 3.40. The Morgan fingerprint density at radius 2 is 1.04 bits per heavy atom. The zero-order valence-corrected chi connectivity index (χ0v) is 15.9. The van der Waals surface area contributed by atoms with Crippen LogP contribution >= 0.6 is 0 Å². The molecule has 128 valence electrons. The van der Waals surface area contributed by atoms with Crippen LogP contribution < -0.4 is 0 Å². The van der Waals surface area contributed by atoms with Crippen molar-refractivity contribution in [2.45, 2.75) is 89.4 Å². The van der Waals surface area contributed by atoms with E-state index in [1.165, 1.54) is 0 Å². The largest absolute Gasteiger partial charge is 0.462 e. The molecular weight excluding hydrogens is 290 g/mol. The van der Waals surface area contributed by atoms with Crippen molar-refractivity contribution in [1.29, 1.82) is 0 Å². The summed E-state index contributed by atoms with van der Waals surface area (Å²) in [4.78, 5) is 0. The molecule has 6 heteroatoms. The van der Waals surface area contributed by atoms with Crippen LogP contribution in [0.1, 0.15) is 61.8 Å². The summed E-state index contributed by atoms with van der Waals surface area (Å²) >= 11 is 0. The summed E-state index contributed by atoms with van der Waals surface area (Å²) in [6.07, 6.45) is 2.90. The second-order valence-corrected chi connectivity index (χ2v) is 9.34. The van der Waals surface area contributed by atoms with E-state index in [0.717, 1.165) is 6.42 Å². The van der Waals surface area contributed by atoms with E-state index in [0.29, 0.717) is 0 Å². The Morgan fingerprint density at radius 3 is 1.26 bits per heavy atom. The van der Waals surface area contributed by atoms with Crippen molar-refractivity contribution in [3.8, 4) is 0 Å². The summed E-state index contributed by atoms with van der Waals surface area (Å²) < 4.78 is 25.4. The smallest absolute Gasteiger partial charge is 0.403 e. The number of rotatable bonds is 3. The summed E-state index contributed by atoms with van der Waals surface area (Å²) in [5, 5.41) is -0.308. The van der Waals surface area contributed by atoms with E-state index < -0.39 is 0 Å². The third kappa shape index (κ3) is 2.29. The maximum atomic E-state index is 6.34. The van der Waals surface area contributed by atoms with E-state index in [1.54, 1.807) is 0 Å². The Hall–Kier alpha value is -0.290. The van der Waals surface area contributed by atoms with Gasteiger partial charge in [0, 0.05) is 5.21 Å². The van der Waals surface area contributed by atoms with Crippen molar-refractivity contribution in [2.24, 2.45) is 5.92 Å². The lowest BCUT2D eigenvalue weighted by atomic mass is 9.46. The van der Waals surface area contributed by atoms with Crippen LogP contribution in [0.5, 0.6) is 0 Å². The van der Waals surface area contributed by atoms with Crippen LogP contribution in [0.4, 0.5) is 0 Å². The first kappa shape index (κ1) is 17.5. The minimum Gasteiger partial charge on any atom is -0.403 e. The molecule has 3 aliphatic rings. The molecule has 0 aromatic rings. The van der Waals surface area contributed by atoms with Crippen molar-refractivity contribution in [3.05, 3.63) is 12.7 Å². The highest BCUT2D eigenvalue weighted by atomic mass is 16.7. The molecule has 2 aliphatic heterocycles. The summed E-state index contributed by atoms with van der Waals surface area (Å²) in [7, 11) is -0.685. The zero-order valence-electron chi connectivity index (χ0n) is 15.9. The first-order valence-corrected chi connectivity index (χ1v) is 8.63. The van der Waals surface area contributed by atoms with Crippen molar-refractivity contribution >= 4 is 14.2 Å². The van der Waals surface area contributed by atoms with Gasteiger partial charge in [-0.05, 0) is 67.7 Å². The van der Waals surface area contributed by atoms with Gasteiger partial charge in [0.25, 0.3) is 0 Å². The van der Waals surface area contributed by atoms with Gasteiger partial charge in [0.15, 0.2) is 0 Å². The highest BCUT2D eigenvalue weighted by Gasteiger charge is 2.77. The predicted molar refractivity (Wildman–Crippen MR) is 93.2 cm³/mol. The maximum absolute atomic E-state index is 6.34. The molecule has 1 aliphatic carbocycles. The van der Waals surface area contributed by atoms with E-state index in [4.69, 9.17) is 18.6 Å². The van der Waals surface area contributed by atoms with Gasteiger partial charge in [0.1, 0.15) is 0 Å². The van der Waals surface area contributed by atoms with Gasteiger partial charge in [-0.15, -0.1) is 6.58 Å². The lowest BCUT2D eigenvalue weighted by Gasteiger charge is -2.32. The molecule has 0 amide bonds. The highest BCUT2D eigenvalue weighted by molar-refractivity contribution is 6.73.